The first-order chi connectivity index (χ1) is 15.8. The molecule has 0 aromatic heterocycles. The third-order valence-corrected chi connectivity index (χ3v) is 6.07. The molecule has 8 N–H and O–H groups in total. The Kier molecular flexibility index (Phi) is 9.51. The van der Waals surface area contributed by atoms with E-state index in [0.29, 0.717) is 0 Å². The van der Waals surface area contributed by atoms with Gasteiger partial charge in [0, 0.05) is 0 Å². The van der Waals surface area contributed by atoms with Crippen molar-refractivity contribution in [2.24, 2.45) is 0 Å². The molecule has 23 heteroatoms. The predicted molar refractivity (Wildman–Crippen MR) is 101 cm³/mol. The Labute approximate surface area is 197 Å². The molecule has 20 nitrogen and oxygen atoms in total. The fourth-order valence-electron chi connectivity index (χ4n) is 3.19. The number of aliphatic carboxylic acids is 1. The maximum atomic E-state index is 11.3. The highest BCUT2D eigenvalue weighted by Gasteiger charge is 2.52. The molecule has 2 heterocycles. The molecule has 0 saturated carbocycles. The molecule has 2 rings (SSSR count). The van der Waals surface area contributed by atoms with Crippen molar-refractivity contribution < 1.29 is 86.7 Å². The van der Waals surface area contributed by atoms with Gasteiger partial charge in [-0.3, -0.25) is 13.7 Å². The van der Waals surface area contributed by atoms with Gasteiger partial charge in [0.1, 0.15) is 18.3 Å². The number of rotatable bonds is 10. The van der Waals surface area contributed by atoms with Crippen LogP contribution in [0.1, 0.15) is 6.42 Å². The lowest BCUT2D eigenvalue weighted by Crippen LogP contribution is -2.63. The average molecular weight is 579 g/mol. The van der Waals surface area contributed by atoms with E-state index in [-0.39, 0.29) is 0 Å². The summed E-state index contributed by atoms with van der Waals surface area (Å²) in [6.45, 7) is -1.12. The molecule has 0 aromatic carbocycles. The molecule has 0 amide bonds. The largest absolute Gasteiger partial charge is 0.479 e. The lowest BCUT2D eigenvalue weighted by atomic mass is 9.98. The van der Waals surface area contributed by atoms with Crippen molar-refractivity contribution in [1.82, 2.24) is 4.72 Å². The van der Waals surface area contributed by atoms with Gasteiger partial charge in [-0.05, 0) is 6.42 Å². The van der Waals surface area contributed by atoms with Crippen molar-refractivity contribution >= 4 is 37.1 Å². The number of aliphatic hydroxyl groups is 3. The minimum Gasteiger partial charge on any atom is -0.479 e. The fraction of sp³-hybridized carbons (Fsp3) is 0.917. The Morgan fingerprint density at radius 1 is 0.943 bits per heavy atom. The third-order valence-electron chi connectivity index (χ3n) is 4.57. The summed E-state index contributed by atoms with van der Waals surface area (Å²) in [5.41, 5.74) is 0. The zero-order valence-corrected chi connectivity index (χ0v) is 19.3. The molecule has 2 fully saturated rings. The van der Waals surface area contributed by atoms with E-state index in [1.165, 1.54) is 4.72 Å². The lowest BCUT2D eigenvalue weighted by Gasteiger charge is -2.44. The van der Waals surface area contributed by atoms with Gasteiger partial charge in [-0.2, -0.15) is 30.0 Å². The number of carbonyl (C=O) groups is 1. The molecule has 2 aliphatic heterocycles. The first-order valence-corrected chi connectivity index (χ1v) is 13.2. The summed E-state index contributed by atoms with van der Waals surface area (Å²) in [7, 11) is -15.5. The molecule has 206 valence electrons. The zero-order chi connectivity index (χ0) is 26.9. The first-order valence-electron chi connectivity index (χ1n) is 9.03. The molecular weight excluding hydrogens is 558 g/mol. The number of hydrogen-bond donors (Lipinski definition) is 8. The van der Waals surface area contributed by atoms with Crippen LogP contribution in [0.3, 0.4) is 0 Å². The maximum Gasteiger partial charge on any atom is 0.397 e. The minimum atomic E-state index is -5.39. The SMILES string of the molecule is O=C(O)C1O[C@@H](O[C@H]2CC(NS(=O)(=O)O)[C@H](O)OC2COS(=O)(=O)O)C(OS(=O)(=O)O)[C@@H](O)[C@@H]1O. The van der Waals surface area contributed by atoms with E-state index in [1.807, 2.05) is 0 Å². The Morgan fingerprint density at radius 2 is 1.54 bits per heavy atom. The van der Waals surface area contributed by atoms with Crippen LogP contribution in [0, 0.1) is 0 Å². The van der Waals surface area contributed by atoms with E-state index in [4.69, 9.17) is 33.0 Å². The number of carboxylic acids is 1. The van der Waals surface area contributed by atoms with Gasteiger partial charge in [-0.15, -0.1) is 0 Å². The number of aliphatic hydroxyl groups excluding tert-OH is 3. The molecule has 2 aliphatic rings. The van der Waals surface area contributed by atoms with E-state index in [0.717, 1.165) is 0 Å². The van der Waals surface area contributed by atoms with Gasteiger partial charge in [0.2, 0.25) is 0 Å². The number of ether oxygens (including phenoxy) is 3. The van der Waals surface area contributed by atoms with Crippen LogP contribution in [0.5, 0.6) is 0 Å². The second kappa shape index (κ2) is 11.1. The molecule has 0 radical (unpaired) electrons. The van der Waals surface area contributed by atoms with Crippen molar-refractivity contribution in [2.45, 2.75) is 61.7 Å². The highest BCUT2D eigenvalue weighted by Crippen LogP contribution is 2.31. The number of hydrogen-bond acceptors (Lipinski definition) is 15. The van der Waals surface area contributed by atoms with Gasteiger partial charge in [0.25, 0.3) is 0 Å². The van der Waals surface area contributed by atoms with Crippen molar-refractivity contribution in [1.29, 1.82) is 0 Å². The average Bonchev–Trinajstić information content (AvgIpc) is 2.65. The normalized spacial score (nSPS) is 37.1. The molecule has 0 aliphatic carbocycles. The summed E-state index contributed by atoms with van der Waals surface area (Å²) in [5.74, 6) is -1.87. The van der Waals surface area contributed by atoms with Crippen molar-refractivity contribution in [3.8, 4) is 0 Å². The van der Waals surface area contributed by atoms with Gasteiger partial charge in [-0.1, -0.05) is 0 Å². The molecule has 0 spiro atoms. The lowest BCUT2D eigenvalue weighted by molar-refractivity contribution is -0.322. The zero-order valence-electron chi connectivity index (χ0n) is 16.9. The van der Waals surface area contributed by atoms with Crippen LogP contribution >= 0.6 is 0 Å². The summed E-state index contributed by atoms with van der Waals surface area (Å²) in [6.07, 6.45) is -17.9. The molecular formula is C12H21NO19S3. The van der Waals surface area contributed by atoms with Crippen LogP contribution < -0.4 is 4.72 Å². The Bertz CT molecular complexity index is 1070. The molecule has 0 aromatic rings. The van der Waals surface area contributed by atoms with E-state index < -0.39 is 105 Å². The third kappa shape index (κ3) is 9.02. The Morgan fingerprint density at radius 3 is 2.03 bits per heavy atom. The van der Waals surface area contributed by atoms with Crippen molar-refractivity contribution in [3.63, 3.8) is 0 Å². The van der Waals surface area contributed by atoms with Crippen LogP contribution in [0.2, 0.25) is 0 Å². The fourth-order valence-corrected chi connectivity index (χ4v) is 4.57. The van der Waals surface area contributed by atoms with Crippen LogP contribution in [0.25, 0.3) is 0 Å². The summed E-state index contributed by atoms with van der Waals surface area (Å²) in [4.78, 5) is 11.3. The van der Waals surface area contributed by atoms with Gasteiger partial charge in [0.15, 0.2) is 24.8 Å². The van der Waals surface area contributed by atoms with Gasteiger partial charge >= 0.3 is 37.1 Å². The highest BCUT2D eigenvalue weighted by molar-refractivity contribution is 7.83. The molecule has 9 atom stereocenters. The predicted octanol–water partition coefficient (Wildman–Crippen LogP) is -5.22. The molecule has 2 saturated heterocycles. The molecule has 35 heavy (non-hydrogen) atoms. The minimum absolute atomic E-state index is 0.741. The first kappa shape index (κ1) is 30.1. The summed E-state index contributed by atoms with van der Waals surface area (Å²) in [6, 6.07) is -1.72. The van der Waals surface area contributed by atoms with Crippen LogP contribution in [-0.2, 0) is 58.5 Å². The van der Waals surface area contributed by atoms with Crippen molar-refractivity contribution in [3.05, 3.63) is 0 Å². The summed E-state index contributed by atoms with van der Waals surface area (Å²) in [5, 5.41) is 39.1. The quantitative estimate of drug-likeness (QED) is 0.112. The van der Waals surface area contributed by atoms with E-state index >= 15 is 0 Å². The van der Waals surface area contributed by atoms with Crippen LogP contribution in [0.15, 0.2) is 0 Å². The molecule has 4 unspecified atom stereocenters. The standard InChI is InChI=1S/C12H21NO19S3/c14-6-7(15)9(32-35(25,26)27)12(31-8(6)10(16)17)30-4-1-3(13-33(19,20)21)11(18)29-5(4)2-28-34(22,23)24/h3-9,11-15,18H,1-2H2,(H,16,17)(H,19,20,21)(H,22,23,24)(H,25,26,27)/t3?,4-,5?,6-,7-,8?,9?,11+,12+/m0/s1. The van der Waals surface area contributed by atoms with Crippen LogP contribution in [0.4, 0.5) is 0 Å². The molecule has 0 bridgehead atoms. The topological polar surface area (TPSA) is 319 Å². The van der Waals surface area contributed by atoms with E-state index in [9.17, 15) is 45.4 Å². The second-order valence-electron chi connectivity index (χ2n) is 7.12. The Hall–Kier alpha value is -1.16. The Balaban J connectivity index is 2.38. The number of carboxylic acid groups (broad SMARTS) is 1. The van der Waals surface area contributed by atoms with E-state index in [2.05, 4.69) is 8.37 Å². The smallest absolute Gasteiger partial charge is 0.397 e. The number of nitrogens with one attached hydrogen (secondary N) is 1. The van der Waals surface area contributed by atoms with Crippen molar-refractivity contribution in [2.75, 3.05) is 6.61 Å². The van der Waals surface area contributed by atoms with Crippen LogP contribution in [-0.4, -0.2) is 127 Å². The maximum absolute atomic E-state index is 11.3. The summed E-state index contributed by atoms with van der Waals surface area (Å²) < 4.78 is 118. The monoisotopic (exact) mass is 579 g/mol. The summed E-state index contributed by atoms with van der Waals surface area (Å²) >= 11 is 0. The van der Waals surface area contributed by atoms with Gasteiger partial charge in [0.05, 0.1) is 18.8 Å². The van der Waals surface area contributed by atoms with Gasteiger partial charge in [-0.25, -0.2) is 13.2 Å². The second-order valence-corrected chi connectivity index (χ2v) is 10.4. The van der Waals surface area contributed by atoms with Gasteiger partial charge < -0.3 is 34.6 Å². The van der Waals surface area contributed by atoms with E-state index in [1.54, 1.807) is 0 Å². The highest BCUT2D eigenvalue weighted by atomic mass is 32.3.